The number of benzene rings is 1. The zero-order chi connectivity index (χ0) is 23.8. The van der Waals surface area contributed by atoms with E-state index in [0.717, 1.165) is 11.1 Å². The summed E-state index contributed by atoms with van der Waals surface area (Å²) in [6.07, 6.45) is 3.52. The molecule has 11 nitrogen and oxygen atoms in total. The Bertz CT molecular complexity index is 1330. The van der Waals surface area contributed by atoms with E-state index in [1.165, 1.54) is 19.6 Å². The summed E-state index contributed by atoms with van der Waals surface area (Å²) in [5.74, 6) is -1.33. The van der Waals surface area contributed by atoms with Crippen LogP contribution in [0.15, 0.2) is 30.7 Å². The maximum atomic E-state index is 12.8. The van der Waals surface area contributed by atoms with Crippen LogP contribution in [0, 0.1) is 11.8 Å². The van der Waals surface area contributed by atoms with E-state index in [1.807, 2.05) is 12.1 Å². The fourth-order valence-corrected chi connectivity index (χ4v) is 4.04. The number of hydrogen-bond acceptors (Lipinski definition) is 8. The van der Waals surface area contributed by atoms with Gasteiger partial charge in [0.15, 0.2) is 11.5 Å². The molecular formula is C23H21N5O6. The standard InChI is InChI=1S/C23H21N5O6/c1-33-23(32)15-6-14(15)21(30)28-16-8-24-19-18(16)26-10-27-20(19)22(31)25-7-11-2-3-17-12(4-11)5-13(29)9-34-17/h2-4,8,10,14-15,24H,5-7,9H2,1H3,(H,25,31)(H,28,30)/t14-,15-/m1/s1. The summed E-state index contributed by atoms with van der Waals surface area (Å²) in [6.45, 7) is 0.310. The fourth-order valence-electron chi connectivity index (χ4n) is 4.04. The van der Waals surface area contributed by atoms with E-state index in [-0.39, 0.29) is 30.5 Å². The summed E-state index contributed by atoms with van der Waals surface area (Å²) in [6, 6.07) is 5.45. The molecule has 2 amide bonds. The summed E-state index contributed by atoms with van der Waals surface area (Å²) < 4.78 is 10.1. The first-order valence-corrected chi connectivity index (χ1v) is 10.7. The molecule has 1 fully saturated rings. The van der Waals surface area contributed by atoms with Gasteiger partial charge in [0.1, 0.15) is 24.2 Å². The molecular weight excluding hydrogens is 442 g/mol. The number of H-pyrrole nitrogens is 1. The van der Waals surface area contributed by atoms with Crippen molar-refractivity contribution in [2.45, 2.75) is 19.4 Å². The fraction of sp³-hybridized carbons (Fsp3) is 0.304. The first kappa shape index (κ1) is 21.6. The molecule has 34 heavy (non-hydrogen) atoms. The molecule has 5 rings (SSSR count). The largest absolute Gasteiger partial charge is 0.486 e. The molecule has 0 bridgehead atoms. The molecule has 0 saturated heterocycles. The normalized spacial score (nSPS) is 18.6. The van der Waals surface area contributed by atoms with Gasteiger partial charge in [0.05, 0.1) is 30.1 Å². The van der Waals surface area contributed by atoms with Gasteiger partial charge in [0.25, 0.3) is 5.91 Å². The third-order valence-corrected chi connectivity index (χ3v) is 5.92. The van der Waals surface area contributed by atoms with Crippen molar-refractivity contribution in [3.8, 4) is 5.75 Å². The number of aromatic amines is 1. The number of amides is 2. The quantitative estimate of drug-likeness (QED) is 0.460. The van der Waals surface area contributed by atoms with E-state index in [9.17, 15) is 19.2 Å². The van der Waals surface area contributed by atoms with Crippen LogP contribution in [0.1, 0.15) is 28.0 Å². The van der Waals surface area contributed by atoms with Crippen LogP contribution >= 0.6 is 0 Å². The lowest BCUT2D eigenvalue weighted by Gasteiger charge is -2.17. The molecule has 174 valence electrons. The minimum absolute atomic E-state index is 0.00852. The number of ketones is 1. The highest BCUT2D eigenvalue weighted by Gasteiger charge is 2.49. The number of rotatable bonds is 6. The highest BCUT2D eigenvalue weighted by atomic mass is 16.5. The summed E-state index contributed by atoms with van der Waals surface area (Å²) in [4.78, 5) is 59.7. The van der Waals surface area contributed by atoms with Crippen molar-refractivity contribution in [2.75, 3.05) is 19.0 Å². The van der Waals surface area contributed by atoms with Crippen molar-refractivity contribution in [1.82, 2.24) is 20.3 Å². The maximum Gasteiger partial charge on any atom is 0.309 e. The number of nitrogens with zero attached hydrogens (tertiary/aromatic N) is 2. The number of nitrogens with one attached hydrogen (secondary N) is 3. The van der Waals surface area contributed by atoms with Crippen LogP contribution in [0.3, 0.4) is 0 Å². The Labute approximate surface area is 193 Å². The van der Waals surface area contributed by atoms with E-state index >= 15 is 0 Å². The number of methoxy groups -OCH3 is 1. The number of carbonyl (C=O) groups is 4. The van der Waals surface area contributed by atoms with Crippen LogP contribution in [0.2, 0.25) is 0 Å². The number of fused-ring (bicyclic) bond motifs is 2. The predicted octanol–water partition coefficient (Wildman–Crippen LogP) is 1.14. The van der Waals surface area contributed by atoms with Gasteiger partial charge in [0.2, 0.25) is 5.91 Å². The molecule has 3 N–H and O–H groups in total. The van der Waals surface area contributed by atoms with Crippen molar-refractivity contribution in [3.63, 3.8) is 0 Å². The molecule has 2 atom stereocenters. The number of carbonyl (C=O) groups excluding carboxylic acids is 4. The topological polar surface area (TPSA) is 152 Å². The van der Waals surface area contributed by atoms with E-state index in [0.29, 0.717) is 35.3 Å². The Hall–Kier alpha value is -4.28. The molecule has 1 aliphatic heterocycles. The summed E-state index contributed by atoms with van der Waals surface area (Å²) >= 11 is 0. The van der Waals surface area contributed by atoms with Gasteiger partial charge in [0, 0.05) is 24.7 Å². The maximum absolute atomic E-state index is 12.8. The van der Waals surface area contributed by atoms with E-state index < -0.39 is 23.7 Å². The first-order chi connectivity index (χ1) is 16.4. The molecule has 11 heteroatoms. The smallest absolute Gasteiger partial charge is 0.309 e. The Morgan fingerprint density at radius 3 is 2.91 bits per heavy atom. The van der Waals surface area contributed by atoms with E-state index in [1.54, 1.807) is 6.07 Å². The number of esters is 1. The summed E-state index contributed by atoms with van der Waals surface area (Å²) in [7, 11) is 1.29. The van der Waals surface area contributed by atoms with Crippen LogP contribution < -0.4 is 15.4 Å². The number of Topliss-reactive ketones (excluding diaryl/α,β-unsaturated/α-hetero) is 1. The zero-order valence-electron chi connectivity index (χ0n) is 18.2. The predicted molar refractivity (Wildman–Crippen MR) is 118 cm³/mol. The lowest BCUT2D eigenvalue weighted by atomic mass is 10.0. The van der Waals surface area contributed by atoms with Gasteiger partial charge < -0.3 is 25.1 Å². The van der Waals surface area contributed by atoms with Crippen molar-refractivity contribution < 1.29 is 28.7 Å². The second kappa shape index (κ2) is 8.58. The second-order valence-corrected chi connectivity index (χ2v) is 8.24. The molecule has 2 aliphatic rings. The first-order valence-electron chi connectivity index (χ1n) is 10.7. The zero-order valence-corrected chi connectivity index (χ0v) is 18.2. The molecule has 3 aromatic rings. The number of ether oxygens (including phenoxy) is 2. The molecule has 0 unspecified atom stereocenters. The van der Waals surface area contributed by atoms with E-state index in [4.69, 9.17) is 4.74 Å². The lowest BCUT2D eigenvalue weighted by Crippen LogP contribution is -2.25. The Morgan fingerprint density at radius 2 is 2.09 bits per heavy atom. The van der Waals surface area contributed by atoms with Crippen molar-refractivity contribution in [1.29, 1.82) is 0 Å². The van der Waals surface area contributed by atoms with Gasteiger partial charge in [-0.05, 0) is 24.1 Å². The van der Waals surface area contributed by atoms with E-state index in [2.05, 4.69) is 30.3 Å². The van der Waals surface area contributed by atoms with Crippen LogP contribution in [0.4, 0.5) is 5.69 Å². The molecule has 0 radical (unpaired) electrons. The van der Waals surface area contributed by atoms with Gasteiger partial charge >= 0.3 is 5.97 Å². The van der Waals surface area contributed by atoms with Crippen molar-refractivity contribution in [3.05, 3.63) is 47.5 Å². The number of anilines is 1. The third-order valence-electron chi connectivity index (χ3n) is 5.92. The highest BCUT2D eigenvalue weighted by molar-refractivity contribution is 6.09. The molecule has 3 heterocycles. The number of aromatic nitrogens is 3. The summed E-state index contributed by atoms with van der Waals surface area (Å²) in [5.41, 5.74) is 2.89. The van der Waals surface area contributed by atoms with Crippen molar-refractivity contribution >= 4 is 40.3 Å². The molecule has 1 saturated carbocycles. The average Bonchev–Trinajstić information content (AvgIpc) is 3.56. The van der Waals surface area contributed by atoms with Gasteiger partial charge in [-0.3, -0.25) is 19.2 Å². The van der Waals surface area contributed by atoms with Crippen LogP contribution in [0.25, 0.3) is 11.0 Å². The Kier molecular flexibility index (Phi) is 5.44. The van der Waals surface area contributed by atoms with Gasteiger partial charge in [-0.2, -0.15) is 0 Å². The van der Waals surface area contributed by atoms with Gasteiger partial charge in [-0.25, -0.2) is 9.97 Å². The van der Waals surface area contributed by atoms with Crippen molar-refractivity contribution in [2.24, 2.45) is 11.8 Å². The number of hydrogen-bond donors (Lipinski definition) is 3. The summed E-state index contributed by atoms with van der Waals surface area (Å²) in [5, 5.41) is 5.57. The van der Waals surface area contributed by atoms with Crippen LogP contribution in [0.5, 0.6) is 5.75 Å². The lowest BCUT2D eigenvalue weighted by molar-refractivity contribution is -0.143. The SMILES string of the molecule is COC(=O)[C@@H]1C[C@H]1C(=O)Nc1c[nH]c2c(C(=O)NCc3ccc4c(c3)CC(=O)CO4)ncnc12. The molecule has 1 aliphatic carbocycles. The second-order valence-electron chi connectivity index (χ2n) is 8.24. The Morgan fingerprint density at radius 1 is 1.24 bits per heavy atom. The minimum Gasteiger partial charge on any atom is -0.486 e. The van der Waals surface area contributed by atoms with Crippen LogP contribution in [-0.4, -0.2) is 52.2 Å². The average molecular weight is 463 g/mol. The van der Waals surface area contributed by atoms with Gasteiger partial charge in [-0.15, -0.1) is 0 Å². The molecule has 1 aromatic carbocycles. The minimum atomic E-state index is -0.445. The highest BCUT2D eigenvalue weighted by Crippen LogP contribution is 2.40. The van der Waals surface area contributed by atoms with Crippen LogP contribution in [-0.2, 0) is 32.1 Å². The third kappa shape index (κ3) is 4.07. The van der Waals surface area contributed by atoms with Gasteiger partial charge in [-0.1, -0.05) is 6.07 Å². The molecule has 2 aromatic heterocycles. The Balaban J connectivity index is 1.27. The molecule has 0 spiro atoms. The monoisotopic (exact) mass is 463 g/mol.